The lowest BCUT2D eigenvalue weighted by molar-refractivity contribution is -0.142. The maximum atomic E-state index is 13.2. The maximum absolute atomic E-state index is 13.2. The van der Waals surface area contributed by atoms with E-state index < -0.39 is 11.7 Å². The van der Waals surface area contributed by atoms with Crippen LogP contribution in [-0.4, -0.2) is 39.5 Å². The van der Waals surface area contributed by atoms with E-state index in [1.807, 2.05) is 28.9 Å². The predicted molar refractivity (Wildman–Crippen MR) is 131 cm³/mol. The number of carbonyl (C=O) groups excluding carboxylic acids is 1. The molecule has 1 unspecified atom stereocenters. The Morgan fingerprint density at radius 1 is 1.11 bits per heavy atom. The predicted octanol–water partition coefficient (Wildman–Crippen LogP) is 6.40. The fraction of sp³-hybridized carbons (Fsp3) is 0.519. The Kier molecular flexibility index (Phi) is 7.97. The Balaban J connectivity index is 1.72. The van der Waals surface area contributed by atoms with Gasteiger partial charge in [-0.1, -0.05) is 43.3 Å². The van der Waals surface area contributed by atoms with Crippen LogP contribution in [0, 0.1) is 11.8 Å². The molecular formula is C27H33F3N4O2. The number of carbonyl (C=O) groups is 1. The summed E-state index contributed by atoms with van der Waals surface area (Å²) in [7, 11) is 1.38. The summed E-state index contributed by atoms with van der Waals surface area (Å²) in [5, 5.41) is 8.87. The first kappa shape index (κ1) is 26.1. The van der Waals surface area contributed by atoms with E-state index in [9.17, 15) is 18.0 Å². The van der Waals surface area contributed by atoms with Crippen LogP contribution in [-0.2, 0) is 15.7 Å². The molecule has 0 amide bonds. The molecule has 0 saturated carbocycles. The van der Waals surface area contributed by atoms with Crippen molar-refractivity contribution in [1.82, 2.24) is 19.9 Å². The van der Waals surface area contributed by atoms with E-state index in [2.05, 4.69) is 29.1 Å². The van der Waals surface area contributed by atoms with Crippen LogP contribution in [0.3, 0.4) is 0 Å². The summed E-state index contributed by atoms with van der Waals surface area (Å²) in [6.45, 7) is 5.03. The molecule has 1 fully saturated rings. The fourth-order valence-corrected chi connectivity index (χ4v) is 5.16. The van der Waals surface area contributed by atoms with Crippen LogP contribution in [0.5, 0.6) is 0 Å². The monoisotopic (exact) mass is 502 g/mol. The fourth-order valence-electron chi connectivity index (χ4n) is 5.16. The van der Waals surface area contributed by atoms with E-state index >= 15 is 0 Å². The third-order valence-electron chi connectivity index (χ3n) is 7.10. The van der Waals surface area contributed by atoms with E-state index in [1.165, 1.54) is 7.11 Å². The third kappa shape index (κ3) is 5.88. The number of methoxy groups -OCH3 is 1. The molecule has 9 heteroatoms. The Bertz CT molecular complexity index is 1160. The first-order chi connectivity index (χ1) is 17.2. The molecular weight excluding hydrogens is 469 g/mol. The molecule has 0 aliphatic carbocycles. The van der Waals surface area contributed by atoms with Crippen molar-refractivity contribution in [1.29, 1.82) is 0 Å². The van der Waals surface area contributed by atoms with Gasteiger partial charge in [-0.05, 0) is 67.3 Å². The average molecular weight is 503 g/mol. The van der Waals surface area contributed by atoms with Gasteiger partial charge in [-0.3, -0.25) is 9.69 Å². The highest BCUT2D eigenvalue weighted by Gasteiger charge is 2.37. The van der Waals surface area contributed by atoms with Crippen LogP contribution in [0.1, 0.15) is 69.3 Å². The molecule has 194 valence electrons. The summed E-state index contributed by atoms with van der Waals surface area (Å²) < 4.78 is 46.6. The van der Waals surface area contributed by atoms with Crippen molar-refractivity contribution in [3.05, 3.63) is 59.7 Å². The van der Waals surface area contributed by atoms with Gasteiger partial charge in [-0.2, -0.15) is 13.2 Å². The molecule has 0 N–H and O–H groups in total. The number of benzene rings is 2. The summed E-state index contributed by atoms with van der Waals surface area (Å²) >= 11 is 0. The lowest BCUT2D eigenvalue weighted by Crippen LogP contribution is -2.42. The van der Waals surface area contributed by atoms with Crippen LogP contribution in [0.15, 0.2) is 48.5 Å². The molecule has 0 spiro atoms. The van der Waals surface area contributed by atoms with Crippen molar-refractivity contribution in [3.63, 3.8) is 0 Å². The number of alkyl halides is 3. The Morgan fingerprint density at radius 2 is 1.83 bits per heavy atom. The van der Waals surface area contributed by atoms with Crippen LogP contribution < -0.4 is 0 Å². The number of aromatic nitrogens is 3. The molecule has 6 nitrogen and oxygen atoms in total. The number of para-hydroxylation sites is 1. The minimum atomic E-state index is -4.39. The molecule has 0 radical (unpaired) electrons. The van der Waals surface area contributed by atoms with E-state index in [0.717, 1.165) is 48.0 Å². The van der Waals surface area contributed by atoms with Gasteiger partial charge in [0.25, 0.3) is 0 Å². The molecule has 1 saturated heterocycles. The number of nitrogens with zero attached hydrogens (tertiary/aromatic N) is 4. The Labute approximate surface area is 209 Å². The number of rotatable bonds is 8. The number of hydrogen-bond donors (Lipinski definition) is 0. The summed E-state index contributed by atoms with van der Waals surface area (Å²) in [6, 6.07) is 13.1. The Hall–Kier alpha value is -2.94. The maximum Gasteiger partial charge on any atom is 0.416 e. The molecule has 4 rings (SSSR count). The first-order valence-electron chi connectivity index (χ1n) is 12.5. The SMILES string of the molecule is COC(=O)C[C@@H]1CCN(C(CCC(C)C)n2nnc3ccccc32)[C@H](c2ccc(C(F)(F)F)cc2)C1. The number of halogens is 3. The van der Waals surface area contributed by atoms with Crippen LogP contribution in [0.4, 0.5) is 13.2 Å². The third-order valence-corrected chi connectivity index (χ3v) is 7.10. The summed E-state index contributed by atoms with van der Waals surface area (Å²) in [6.07, 6.45) is -0.999. The van der Waals surface area contributed by atoms with Gasteiger partial charge >= 0.3 is 12.1 Å². The van der Waals surface area contributed by atoms with Crippen molar-refractivity contribution < 1.29 is 22.7 Å². The molecule has 0 bridgehead atoms. The van der Waals surface area contributed by atoms with E-state index in [0.29, 0.717) is 25.3 Å². The molecule has 36 heavy (non-hydrogen) atoms. The van der Waals surface area contributed by atoms with Gasteiger partial charge in [-0.15, -0.1) is 5.10 Å². The second-order valence-electron chi connectivity index (χ2n) is 10.0. The number of esters is 1. The van der Waals surface area contributed by atoms with Crippen molar-refractivity contribution in [2.45, 2.75) is 64.3 Å². The quantitative estimate of drug-likeness (QED) is 0.334. The highest BCUT2D eigenvalue weighted by Crippen LogP contribution is 2.42. The summed E-state index contributed by atoms with van der Waals surface area (Å²) in [4.78, 5) is 14.4. The Morgan fingerprint density at radius 3 is 2.50 bits per heavy atom. The summed E-state index contributed by atoms with van der Waals surface area (Å²) in [5.74, 6) is 0.293. The molecule has 1 aromatic heterocycles. The van der Waals surface area contributed by atoms with Gasteiger partial charge in [0, 0.05) is 19.0 Å². The molecule has 2 aromatic carbocycles. The van der Waals surface area contributed by atoms with Crippen molar-refractivity contribution in [2.75, 3.05) is 13.7 Å². The largest absolute Gasteiger partial charge is 0.469 e. The van der Waals surface area contributed by atoms with Crippen molar-refractivity contribution >= 4 is 17.0 Å². The van der Waals surface area contributed by atoms with E-state index in [4.69, 9.17) is 4.74 Å². The van der Waals surface area contributed by atoms with Gasteiger partial charge in [0.1, 0.15) is 11.7 Å². The smallest absolute Gasteiger partial charge is 0.416 e. The molecule has 1 aliphatic rings. The van der Waals surface area contributed by atoms with Crippen molar-refractivity contribution in [3.8, 4) is 0 Å². The van der Waals surface area contributed by atoms with Crippen LogP contribution in [0.2, 0.25) is 0 Å². The first-order valence-corrected chi connectivity index (χ1v) is 12.5. The van der Waals surface area contributed by atoms with Gasteiger partial charge in [0.05, 0.1) is 18.2 Å². The molecule has 3 aromatic rings. The number of ether oxygens (including phenoxy) is 1. The van der Waals surface area contributed by atoms with Crippen LogP contribution in [0.25, 0.3) is 11.0 Å². The minimum Gasteiger partial charge on any atom is -0.469 e. The van der Waals surface area contributed by atoms with Crippen molar-refractivity contribution in [2.24, 2.45) is 11.8 Å². The standard InChI is InChI=1S/C27H33F3N4O2/c1-18(2)8-13-25(34-23-7-5-4-6-22(23)31-32-34)33-15-14-19(17-26(35)36-3)16-24(33)20-9-11-21(12-10-20)27(28,29)30/h4-7,9-12,18-19,24-25H,8,13-17H2,1-3H3/t19-,24+,25?/m1/s1. The van der Waals surface area contributed by atoms with E-state index in [-0.39, 0.29) is 24.1 Å². The zero-order chi connectivity index (χ0) is 25.9. The van der Waals surface area contributed by atoms with Gasteiger partial charge in [-0.25, -0.2) is 4.68 Å². The lowest BCUT2D eigenvalue weighted by atomic mass is 9.84. The lowest BCUT2D eigenvalue weighted by Gasteiger charge is -2.44. The number of fused-ring (bicyclic) bond motifs is 1. The second kappa shape index (κ2) is 11.0. The zero-order valence-electron chi connectivity index (χ0n) is 20.9. The highest BCUT2D eigenvalue weighted by molar-refractivity contribution is 5.74. The molecule has 3 atom stereocenters. The van der Waals surface area contributed by atoms with Crippen LogP contribution >= 0.6 is 0 Å². The number of likely N-dealkylation sites (tertiary alicyclic amines) is 1. The van der Waals surface area contributed by atoms with Gasteiger partial charge < -0.3 is 4.74 Å². The molecule has 1 aliphatic heterocycles. The van der Waals surface area contributed by atoms with E-state index in [1.54, 1.807) is 12.1 Å². The highest BCUT2D eigenvalue weighted by atomic mass is 19.4. The second-order valence-corrected chi connectivity index (χ2v) is 10.0. The van der Waals surface area contributed by atoms with Gasteiger partial charge in [0.2, 0.25) is 0 Å². The average Bonchev–Trinajstić information content (AvgIpc) is 3.28. The minimum absolute atomic E-state index is 0.0826. The number of hydrogen-bond acceptors (Lipinski definition) is 5. The zero-order valence-corrected chi connectivity index (χ0v) is 20.9. The molecule has 2 heterocycles. The number of piperidine rings is 1. The summed E-state index contributed by atoms with van der Waals surface area (Å²) in [5.41, 5.74) is 1.86. The topological polar surface area (TPSA) is 60.2 Å². The van der Waals surface area contributed by atoms with Gasteiger partial charge in [0.15, 0.2) is 0 Å². The normalized spacial score (nSPS) is 20.1.